The molecule has 11 nitrogen and oxygen atoms in total. The molecule has 0 bridgehead atoms. The first kappa shape index (κ1) is 35.3. The summed E-state index contributed by atoms with van der Waals surface area (Å²) in [6, 6.07) is 16.7. The molecule has 2 aromatic heterocycles. The number of ether oxygens (including phenoxy) is 3. The molecule has 2 atom stereocenters. The predicted molar refractivity (Wildman–Crippen MR) is 181 cm³/mol. The van der Waals surface area contributed by atoms with Gasteiger partial charge in [-0.15, -0.1) is 5.10 Å². The zero-order valence-electron chi connectivity index (χ0n) is 28.7. The molecule has 47 heavy (non-hydrogen) atoms. The van der Waals surface area contributed by atoms with Gasteiger partial charge in [0, 0.05) is 23.7 Å². The van der Waals surface area contributed by atoms with Gasteiger partial charge in [0.15, 0.2) is 6.61 Å². The normalized spacial score (nSPS) is 12.8. The van der Waals surface area contributed by atoms with Crippen LogP contribution in [0.25, 0.3) is 16.9 Å². The van der Waals surface area contributed by atoms with Crippen molar-refractivity contribution in [1.29, 1.82) is 0 Å². The average molecular weight is 645 g/mol. The molecule has 2 heterocycles. The second kappa shape index (κ2) is 16.4. The summed E-state index contributed by atoms with van der Waals surface area (Å²) in [7, 11) is 0. The molecular formula is C36H48N6O5. The Morgan fingerprint density at radius 1 is 1.00 bits per heavy atom. The van der Waals surface area contributed by atoms with Crippen LogP contribution >= 0.6 is 0 Å². The second-order valence-electron chi connectivity index (χ2n) is 12.3. The molecule has 2 aromatic carbocycles. The number of hydrogen-bond donors (Lipinski definition) is 1. The molecule has 0 fully saturated rings. The Balaban J connectivity index is 1.22. The number of hydrogen-bond acceptors (Lipinski definition) is 8. The lowest BCUT2D eigenvalue weighted by Crippen LogP contribution is -2.32. The number of nitrogens with one attached hydrogen (secondary N) is 1. The van der Waals surface area contributed by atoms with E-state index >= 15 is 0 Å². The first-order chi connectivity index (χ1) is 22.6. The molecule has 252 valence electrons. The van der Waals surface area contributed by atoms with Crippen LogP contribution in [-0.4, -0.2) is 69.6 Å². The summed E-state index contributed by atoms with van der Waals surface area (Å²) < 4.78 is 20.3. The van der Waals surface area contributed by atoms with E-state index in [1.54, 1.807) is 23.7 Å². The molecule has 0 aliphatic heterocycles. The highest BCUT2D eigenvalue weighted by molar-refractivity contribution is 5.97. The second-order valence-corrected chi connectivity index (χ2v) is 12.3. The van der Waals surface area contributed by atoms with Gasteiger partial charge < -0.3 is 19.5 Å². The van der Waals surface area contributed by atoms with Crippen LogP contribution in [0.1, 0.15) is 69.7 Å². The standard InChI is InChI=1S/C36H48N6O5/c1-8-25(3)26(4)36(6,7)31-23-41(40-38-31)20-22-45-21-19-37-32(43)24-47-30-17-15-28(16-18-30)34-33(35(44)46-9-2)27(5)42(39-34)29-13-11-10-12-14-29/h10-18,23,25-26H,8-9,19-22,24H2,1-7H3,(H,37,43). The number of para-hydroxylation sites is 1. The van der Waals surface area contributed by atoms with Crippen LogP contribution < -0.4 is 10.1 Å². The summed E-state index contributed by atoms with van der Waals surface area (Å²) in [4.78, 5) is 25.2. The van der Waals surface area contributed by atoms with Crippen LogP contribution in [0.2, 0.25) is 0 Å². The van der Waals surface area contributed by atoms with Gasteiger partial charge in [0.25, 0.3) is 5.91 Å². The number of nitrogens with zero attached hydrogens (tertiary/aromatic N) is 5. The monoisotopic (exact) mass is 644 g/mol. The Morgan fingerprint density at radius 3 is 2.40 bits per heavy atom. The predicted octanol–water partition coefficient (Wildman–Crippen LogP) is 5.79. The SMILES string of the molecule is CCOC(=O)c1c(-c2ccc(OCC(=O)NCCOCCn3cc(C(C)(C)C(C)C(C)CC)nn3)cc2)nn(-c2ccccc2)c1C. The third kappa shape index (κ3) is 8.85. The highest BCUT2D eigenvalue weighted by Gasteiger charge is 2.33. The van der Waals surface area contributed by atoms with Crippen molar-refractivity contribution in [3.8, 4) is 22.7 Å². The van der Waals surface area contributed by atoms with Crippen molar-refractivity contribution in [2.75, 3.05) is 33.0 Å². The lowest BCUT2D eigenvalue weighted by atomic mass is 9.71. The summed E-state index contributed by atoms with van der Waals surface area (Å²) in [6.45, 7) is 16.8. The van der Waals surface area contributed by atoms with Crippen molar-refractivity contribution >= 4 is 11.9 Å². The minimum Gasteiger partial charge on any atom is -0.484 e. The quantitative estimate of drug-likeness (QED) is 0.113. The van der Waals surface area contributed by atoms with E-state index in [9.17, 15) is 9.59 Å². The molecule has 0 spiro atoms. The van der Waals surface area contributed by atoms with Gasteiger partial charge in [-0.05, 0) is 62.1 Å². The molecule has 0 aliphatic carbocycles. The van der Waals surface area contributed by atoms with Crippen molar-refractivity contribution in [2.45, 2.75) is 66.8 Å². The molecule has 11 heteroatoms. The van der Waals surface area contributed by atoms with Crippen LogP contribution in [0.5, 0.6) is 5.75 Å². The maximum absolute atomic E-state index is 12.9. The lowest BCUT2D eigenvalue weighted by molar-refractivity contribution is -0.123. The van der Waals surface area contributed by atoms with Gasteiger partial charge in [-0.1, -0.05) is 64.5 Å². The minimum absolute atomic E-state index is 0.0672. The molecule has 1 N–H and O–H groups in total. The maximum Gasteiger partial charge on any atom is 0.342 e. The average Bonchev–Trinajstić information content (AvgIpc) is 3.70. The summed E-state index contributed by atoms with van der Waals surface area (Å²) in [5.74, 6) is 0.914. The van der Waals surface area contributed by atoms with E-state index in [1.165, 1.54) is 0 Å². The fourth-order valence-electron chi connectivity index (χ4n) is 5.41. The molecule has 0 saturated heterocycles. The van der Waals surface area contributed by atoms with Gasteiger partial charge in [0.1, 0.15) is 17.0 Å². The number of benzene rings is 2. The molecule has 4 rings (SSSR count). The molecule has 2 unspecified atom stereocenters. The van der Waals surface area contributed by atoms with E-state index in [-0.39, 0.29) is 24.5 Å². The number of rotatable bonds is 17. The molecule has 0 radical (unpaired) electrons. The van der Waals surface area contributed by atoms with Crippen molar-refractivity contribution in [3.63, 3.8) is 0 Å². The largest absolute Gasteiger partial charge is 0.484 e. The lowest BCUT2D eigenvalue weighted by Gasteiger charge is -2.33. The van der Waals surface area contributed by atoms with Gasteiger partial charge in [-0.2, -0.15) is 5.10 Å². The maximum atomic E-state index is 12.9. The Bertz CT molecular complexity index is 1600. The van der Waals surface area contributed by atoms with Gasteiger partial charge in [-0.3, -0.25) is 4.79 Å². The van der Waals surface area contributed by atoms with E-state index in [2.05, 4.69) is 50.2 Å². The van der Waals surface area contributed by atoms with Crippen LogP contribution in [-0.2, 0) is 26.2 Å². The summed E-state index contributed by atoms with van der Waals surface area (Å²) in [6.07, 6.45) is 3.14. The van der Waals surface area contributed by atoms with Gasteiger partial charge in [0.05, 0.1) is 43.4 Å². The van der Waals surface area contributed by atoms with Crippen molar-refractivity contribution < 1.29 is 23.8 Å². The fourth-order valence-corrected chi connectivity index (χ4v) is 5.41. The minimum atomic E-state index is -0.429. The van der Waals surface area contributed by atoms with E-state index in [1.807, 2.05) is 60.3 Å². The van der Waals surface area contributed by atoms with Gasteiger partial charge in [-0.25, -0.2) is 14.2 Å². The number of carbonyl (C=O) groups excluding carboxylic acids is 2. The van der Waals surface area contributed by atoms with E-state index in [0.717, 1.165) is 23.4 Å². The molecule has 1 amide bonds. The number of aromatic nitrogens is 5. The zero-order chi connectivity index (χ0) is 34.0. The van der Waals surface area contributed by atoms with Crippen molar-refractivity contribution in [3.05, 3.63) is 77.7 Å². The Kier molecular flexibility index (Phi) is 12.3. The highest BCUT2D eigenvalue weighted by Crippen LogP contribution is 2.36. The van der Waals surface area contributed by atoms with Crippen LogP contribution in [0, 0.1) is 18.8 Å². The number of carbonyl (C=O) groups is 2. The summed E-state index contributed by atoms with van der Waals surface area (Å²) in [5, 5.41) is 16.3. The highest BCUT2D eigenvalue weighted by atomic mass is 16.5. The Morgan fingerprint density at radius 2 is 1.72 bits per heavy atom. The zero-order valence-corrected chi connectivity index (χ0v) is 28.7. The van der Waals surface area contributed by atoms with E-state index in [0.29, 0.717) is 60.8 Å². The first-order valence-corrected chi connectivity index (χ1v) is 16.4. The molecule has 0 aliphatic rings. The third-order valence-corrected chi connectivity index (χ3v) is 8.96. The van der Waals surface area contributed by atoms with Crippen molar-refractivity contribution in [1.82, 2.24) is 30.1 Å². The smallest absolute Gasteiger partial charge is 0.342 e. The van der Waals surface area contributed by atoms with Crippen molar-refractivity contribution in [2.24, 2.45) is 11.8 Å². The summed E-state index contributed by atoms with van der Waals surface area (Å²) in [5.41, 5.74) is 4.10. The first-order valence-electron chi connectivity index (χ1n) is 16.4. The third-order valence-electron chi connectivity index (χ3n) is 8.96. The number of amides is 1. The van der Waals surface area contributed by atoms with Crippen LogP contribution in [0.15, 0.2) is 60.8 Å². The van der Waals surface area contributed by atoms with Crippen LogP contribution in [0.3, 0.4) is 0 Å². The van der Waals surface area contributed by atoms with Gasteiger partial charge in [0.2, 0.25) is 0 Å². The molecular weight excluding hydrogens is 596 g/mol. The molecule has 0 saturated carbocycles. The van der Waals surface area contributed by atoms with Crippen LogP contribution in [0.4, 0.5) is 0 Å². The molecule has 4 aromatic rings. The Labute approximate surface area is 277 Å². The van der Waals surface area contributed by atoms with E-state index in [4.69, 9.17) is 19.3 Å². The number of esters is 1. The van der Waals surface area contributed by atoms with Gasteiger partial charge >= 0.3 is 5.97 Å². The van der Waals surface area contributed by atoms with E-state index < -0.39 is 5.97 Å². The fraction of sp³-hybridized carbons (Fsp3) is 0.472. The topological polar surface area (TPSA) is 122 Å². The summed E-state index contributed by atoms with van der Waals surface area (Å²) >= 11 is 0. The Hall–Kier alpha value is -4.51.